The van der Waals surface area contributed by atoms with Crippen molar-refractivity contribution in [3.63, 3.8) is 0 Å². The fourth-order valence-electron chi connectivity index (χ4n) is 3.05. The molecule has 2 atom stereocenters. The zero-order chi connectivity index (χ0) is 13.1. The van der Waals surface area contributed by atoms with Gasteiger partial charge in [-0.1, -0.05) is 6.07 Å². The van der Waals surface area contributed by atoms with Gasteiger partial charge in [-0.15, -0.1) is 0 Å². The van der Waals surface area contributed by atoms with Crippen LogP contribution >= 0.6 is 0 Å². The second-order valence-electron chi connectivity index (χ2n) is 5.65. The Morgan fingerprint density at radius 1 is 1.44 bits per heavy atom. The Labute approximate surface area is 110 Å². The molecule has 2 heterocycles. The highest BCUT2D eigenvalue weighted by molar-refractivity contribution is 5.19. The van der Waals surface area contributed by atoms with Crippen LogP contribution in [0.15, 0.2) is 18.3 Å². The first kappa shape index (κ1) is 13.5. The molecule has 0 spiro atoms. The molecule has 0 bridgehead atoms. The maximum absolute atomic E-state index is 5.98. The largest absolute Gasteiger partial charge is 0.330 e. The first-order valence-corrected chi connectivity index (χ1v) is 7.02. The van der Waals surface area contributed by atoms with Crippen LogP contribution < -0.4 is 5.73 Å². The number of nitrogens with two attached hydrogens (primary N) is 1. The number of hydrogen-bond acceptors (Lipinski definition) is 3. The summed E-state index contributed by atoms with van der Waals surface area (Å²) in [6, 6.07) is 5.33. The number of rotatable bonds is 3. The molecule has 3 nitrogen and oxygen atoms in total. The molecule has 1 aliphatic rings. The van der Waals surface area contributed by atoms with E-state index in [1.807, 2.05) is 13.1 Å². The van der Waals surface area contributed by atoms with Crippen molar-refractivity contribution in [3.8, 4) is 0 Å². The minimum Gasteiger partial charge on any atom is -0.330 e. The Morgan fingerprint density at radius 2 is 2.22 bits per heavy atom. The van der Waals surface area contributed by atoms with Gasteiger partial charge in [0.2, 0.25) is 0 Å². The molecule has 1 fully saturated rings. The van der Waals surface area contributed by atoms with Gasteiger partial charge in [0.15, 0.2) is 0 Å². The molecular formula is C15H25N3. The van der Waals surface area contributed by atoms with Crippen LogP contribution in [0.3, 0.4) is 0 Å². The summed E-state index contributed by atoms with van der Waals surface area (Å²) in [5.74, 6) is 0.561. The van der Waals surface area contributed by atoms with Gasteiger partial charge in [0.25, 0.3) is 0 Å². The van der Waals surface area contributed by atoms with Crippen molar-refractivity contribution in [2.24, 2.45) is 11.7 Å². The van der Waals surface area contributed by atoms with Gasteiger partial charge in [-0.3, -0.25) is 9.88 Å². The number of pyridine rings is 1. The van der Waals surface area contributed by atoms with Gasteiger partial charge in [-0.25, -0.2) is 0 Å². The number of likely N-dealkylation sites (tertiary alicyclic amines) is 1. The monoisotopic (exact) mass is 247 g/mol. The lowest BCUT2D eigenvalue weighted by molar-refractivity contribution is 0.0663. The molecule has 2 rings (SSSR count). The molecular weight excluding hydrogens is 222 g/mol. The van der Waals surface area contributed by atoms with Gasteiger partial charge in [-0.2, -0.15) is 0 Å². The highest BCUT2D eigenvalue weighted by Crippen LogP contribution is 2.36. The van der Waals surface area contributed by atoms with Gasteiger partial charge in [-0.05, 0) is 64.3 Å². The summed E-state index contributed by atoms with van der Waals surface area (Å²) >= 11 is 0. The van der Waals surface area contributed by atoms with Crippen molar-refractivity contribution in [3.05, 3.63) is 29.6 Å². The van der Waals surface area contributed by atoms with E-state index in [-0.39, 0.29) is 0 Å². The fourth-order valence-corrected chi connectivity index (χ4v) is 3.05. The average Bonchev–Trinajstić information content (AvgIpc) is 2.38. The zero-order valence-corrected chi connectivity index (χ0v) is 11.8. The van der Waals surface area contributed by atoms with Crippen LogP contribution in [-0.2, 0) is 0 Å². The molecule has 3 heteroatoms. The summed E-state index contributed by atoms with van der Waals surface area (Å²) in [4.78, 5) is 7.03. The number of nitrogens with zero attached hydrogens (tertiary/aromatic N) is 2. The van der Waals surface area contributed by atoms with E-state index in [9.17, 15) is 0 Å². The SMILES string of the molecule is Cc1ccc(C2C(CN)CCCN2C(C)C)cn1. The van der Waals surface area contributed by atoms with Gasteiger partial charge in [0, 0.05) is 24.0 Å². The van der Waals surface area contributed by atoms with Crippen molar-refractivity contribution in [2.75, 3.05) is 13.1 Å². The average molecular weight is 247 g/mol. The van der Waals surface area contributed by atoms with E-state index in [1.165, 1.54) is 24.9 Å². The molecule has 1 aliphatic heterocycles. The highest BCUT2D eigenvalue weighted by atomic mass is 15.2. The third kappa shape index (κ3) is 2.73. The molecule has 0 radical (unpaired) electrons. The summed E-state index contributed by atoms with van der Waals surface area (Å²) in [5.41, 5.74) is 8.38. The van der Waals surface area contributed by atoms with Crippen molar-refractivity contribution >= 4 is 0 Å². The van der Waals surface area contributed by atoms with Gasteiger partial charge in [0.05, 0.1) is 0 Å². The van der Waals surface area contributed by atoms with E-state index in [0.717, 1.165) is 12.2 Å². The van der Waals surface area contributed by atoms with Crippen LogP contribution in [0.5, 0.6) is 0 Å². The predicted octanol–water partition coefficient (Wildman–Crippen LogP) is 2.51. The molecule has 0 aromatic carbocycles. The summed E-state index contributed by atoms with van der Waals surface area (Å²) in [5, 5.41) is 0. The van der Waals surface area contributed by atoms with Crippen molar-refractivity contribution in [1.29, 1.82) is 0 Å². The number of aromatic nitrogens is 1. The maximum Gasteiger partial charge on any atom is 0.0406 e. The molecule has 1 aromatic heterocycles. The van der Waals surface area contributed by atoms with Crippen LogP contribution in [0.25, 0.3) is 0 Å². The Hall–Kier alpha value is -0.930. The molecule has 18 heavy (non-hydrogen) atoms. The van der Waals surface area contributed by atoms with Crippen molar-refractivity contribution in [2.45, 2.75) is 45.7 Å². The number of aryl methyl sites for hydroxylation is 1. The number of piperidine rings is 1. The van der Waals surface area contributed by atoms with Crippen LogP contribution in [0.2, 0.25) is 0 Å². The Balaban J connectivity index is 2.30. The summed E-state index contributed by atoms with van der Waals surface area (Å²) < 4.78 is 0. The molecule has 1 saturated heterocycles. The van der Waals surface area contributed by atoms with Crippen LogP contribution in [0, 0.1) is 12.8 Å². The smallest absolute Gasteiger partial charge is 0.0406 e. The minimum atomic E-state index is 0.442. The second-order valence-corrected chi connectivity index (χ2v) is 5.65. The van der Waals surface area contributed by atoms with Crippen LogP contribution in [0.1, 0.15) is 44.0 Å². The molecule has 100 valence electrons. The van der Waals surface area contributed by atoms with E-state index in [0.29, 0.717) is 18.0 Å². The third-order valence-electron chi connectivity index (χ3n) is 4.04. The zero-order valence-electron chi connectivity index (χ0n) is 11.8. The van der Waals surface area contributed by atoms with Gasteiger partial charge in [0.1, 0.15) is 0 Å². The van der Waals surface area contributed by atoms with E-state index in [1.54, 1.807) is 0 Å². The molecule has 2 unspecified atom stereocenters. The standard InChI is InChI=1S/C15H25N3/c1-11(2)18-8-4-5-13(9-16)15(18)14-7-6-12(3)17-10-14/h6-7,10-11,13,15H,4-5,8-9,16H2,1-3H3. The first-order valence-electron chi connectivity index (χ1n) is 7.02. The minimum absolute atomic E-state index is 0.442. The van der Waals surface area contributed by atoms with E-state index in [4.69, 9.17) is 5.73 Å². The van der Waals surface area contributed by atoms with Crippen molar-refractivity contribution in [1.82, 2.24) is 9.88 Å². The molecule has 0 aliphatic carbocycles. The molecule has 2 N–H and O–H groups in total. The van der Waals surface area contributed by atoms with Crippen LogP contribution in [-0.4, -0.2) is 29.0 Å². The Kier molecular flexibility index (Phi) is 4.36. The first-order chi connectivity index (χ1) is 8.63. The highest BCUT2D eigenvalue weighted by Gasteiger charge is 2.33. The van der Waals surface area contributed by atoms with Crippen molar-refractivity contribution < 1.29 is 0 Å². The molecule has 0 amide bonds. The van der Waals surface area contributed by atoms with E-state index >= 15 is 0 Å². The quantitative estimate of drug-likeness (QED) is 0.892. The Morgan fingerprint density at radius 3 is 2.78 bits per heavy atom. The van der Waals surface area contributed by atoms with E-state index in [2.05, 4.69) is 35.9 Å². The van der Waals surface area contributed by atoms with E-state index < -0.39 is 0 Å². The number of hydrogen-bond donors (Lipinski definition) is 1. The topological polar surface area (TPSA) is 42.1 Å². The van der Waals surface area contributed by atoms with Gasteiger partial charge >= 0.3 is 0 Å². The lowest BCUT2D eigenvalue weighted by atomic mass is 9.84. The predicted molar refractivity (Wildman–Crippen MR) is 75.3 cm³/mol. The third-order valence-corrected chi connectivity index (χ3v) is 4.04. The molecule has 1 aromatic rings. The lowest BCUT2D eigenvalue weighted by Crippen LogP contribution is -2.45. The van der Waals surface area contributed by atoms with Gasteiger partial charge < -0.3 is 5.73 Å². The molecule has 0 saturated carbocycles. The fraction of sp³-hybridized carbons (Fsp3) is 0.667. The maximum atomic E-state index is 5.98. The normalized spacial score (nSPS) is 25.6. The van der Waals surface area contributed by atoms with Crippen LogP contribution in [0.4, 0.5) is 0 Å². The lowest BCUT2D eigenvalue weighted by Gasteiger charge is -2.43. The summed E-state index contributed by atoms with van der Waals surface area (Å²) in [6.45, 7) is 8.51. The Bertz CT molecular complexity index is 372. The summed E-state index contributed by atoms with van der Waals surface area (Å²) in [6.07, 6.45) is 4.53. The summed E-state index contributed by atoms with van der Waals surface area (Å²) in [7, 11) is 0. The second kappa shape index (κ2) is 5.81.